The molecule has 2 aliphatic rings. The quantitative estimate of drug-likeness (QED) is 0.510. The number of pyridine rings is 1. The molecule has 3 aromatic rings. The third-order valence-electron chi connectivity index (χ3n) is 7.16. The van der Waals surface area contributed by atoms with E-state index in [2.05, 4.69) is 82.2 Å². The van der Waals surface area contributed by atoms with E-state index >= 15 is 0 Å². The fourth-order valence-corrected chi connectivity index (χ4v) is 5.39. The second-order valence-corrected chi connectivity index (χ2v) is 10.5. The molecule has 2 fully saturated rings. The Morgan fingerprint density at radius 1 is 0.857 bits per heavy atom. The minimum Gasteiger partial charge on any atom is -0.368 e. The van der Waals surface area contributed by atoms with Gasteiger partial charge >= 0.3 is 0 Å². The normalized spacial score (nSPS) is 17.2. The van der Waals surface area contributed by atoms with E-state index in [4.69, 9.17) is 28.8 Å². The lowest BCUT2D eigenvalue weighted by Crippen LogP contribution is -2.50. The van der Waals surface area contributed by atoms with Gasteiger partial charge in [-0.3, -0.25) is 0 Å². The van der Waals surface area contributed by atoms with Crippen LogP contribution in [0.5, 0.6) is 0 Å². The van der Waals surface area contributed by atoms with Crippen LogP contribution in [-0.2, 0) is 0 Å². The number of piperazine rings is 2. The number of fused-ring (bicyclic) bond motifs is 1. The second-order valence-electron chi connectivity index (χ2n) is 9.65. The zero-order valence-electron chi connectivity index (χ0n) is 20.7. The van der Waals surface area contributed by atoms with E-state index in [-0.39, 0.29) is 0 Å². The molecule has 8 heteroatoms. The van der Waals surface area contributed by atoms with Crippen molar-refractivity contribution in [2.24, 2.45) is 0 Å². The van der Waals surface area contributed by atoms with Crippen molar-refractivity contribution in [3.8, 4) is 0 Å². The molecule has 35 heavy (non-hydrogen) atoms. The number of nitrogens with one attached hydrogen (secondary N) is 1. The standard InChI is InChI=1S/C27H33ClN6S/c1-19-4-5-21(28)17-25(19)32-12-14-34(15-13-32)27(35)29-22-6-7-24-23(18-22)20(2)16-26(30-24)33-10-8-31(3)9-11-33/h4-7,16-18H,8-15H2,1-3H3,(H,29,35). The van der Waals surface area contributed by atoms with Gasteiger partial charge in [0.1, 0.15) is 5.82 Å². The fraction of sp³-hybridized carbons (Fsp3) is 0.407. The van der Waals surface area contributed by atoms with Crippen LogP contribution in [0.15, 0.2) is 42.5 Å². The van der Waals surface area contributed by atoms with E-state index in [1.807, 2.05) is 6.07 Å². The van der Waals surface area contributed by atoms with Crippen LogP contribution < -0.4 is 15.1 Å². The predicted molar refractivity (Wildman–Crippen MR) is 152 cm³/mol. The number of hydrogen-bond acceptors (Lipinski definition) is 5. The zero-order valence-corrected chi connectivity index (χ0v) is 22.3. The first-order chi connectivity index (χ1) is 16.9. The molecule has 0 aliphatic carbocycles. The summed E-state index contributed by atoms with van der Waals surface area (Å²) in [5, 5.41) is 6.18. The minimum absolute atomic E-state index is 0.770. The van der Waals surface area contributed by atoms with Gasteiger partial charge in [0.05, 0.1) is 5.52 Å². The van der Waals surface area contributed by atoms with Crippen molar-refractivity contribution in [3.63, 3.8) is 0 Å². The van der Waals surface area contributed by atoms with Crippen molar-refractivity contribution in [1.29, 1.82) is 0 Å². The summed E-state index contributed by atoms with van der Waals surface area (Å²) < 4.78 is 0. The summed E-state index contributed by atoms with van der Waals surface area (Å²) in [5.41, 5.74) is 5.74. The molecule has 0 bridgehead atoms. The molecule has 0 radical (unpaired) electrons. The third kappa shape index (κ3) is 5.32. The highest BCUT2D eigenvalue weighted by atomic mass is 35.5. The lowest BCUT2D eigenvalue weighted by molar-refractivity contribution is 0.312. The molecule has 0 unspecified atom stereocenters. The van der Waals surface area contributed by atoms with Crippen LogP contribution in [0, 0.1) is 13.8 Å². The molecule has 6 nitrogen and oxygen atoms in total. The van der Waals surface area contributed by atoms with Gasteiger partial charge in [-0.15, -0.1) is 0 Å². The molecule has 0 spiro atoms. The molecule has 5 rings (SSSR count). The molecule has 1 N–H and O–H groups in total. The Balaban J connectivity index is 1.24. The molecule has 0 atom stereocenters. The maximum absolute atomic E-state index is 6.23. The van der Waals surface area contributed by atoms with Crippen LogP contribution in [0.1, 0.15) is 11.1 Å². The molecule has 184 valence electrons. The molecule has 0 saturated carbocycles. The topological polar surface area (TPSA) is 37.9 Å². The molecule has 2 aromatic carbocycles. The Morgan fingerprint density at radius 2 is 1.57 bits per heavy atom. The SMILES string of the molecule is Cc1ccc(Cl)cc1N1CCN(C(=S)Nc2ccc3nc(N4CCN(C)CC4)cc(C)c3c2)CC1. The van der Waals surface area contributed by atoms with Gasteiger partial charge < -0.3 is 24.9 Å². The summed E-state index contributed by atoms with van der Waals surface area (Å²) in [6.45, 7) is 12.1. The van der Waals surface area contributed by atoms with Gasteiger partial charge in [0, 0.05) is 74.1 Å². The summed E-state index contributed by atoms with van der Waals surface area (Å²) in [7, 11) is 2.18. The molecule has 3 heterocycles. The summed E-state index contributed by atoms with van der Waals surface area (Å²) in [5.74, 6) is 1.08. The van der Waals surface area contributed by atoms with Gasteiger partial charge in [0.15, 0.2) is 5.11 Å². The van der Waals surface area contributed by atoms with Crippen molar-refractivity contribution in [3.05, 3.63) is 58.6 Å². The number of halogens is 1. The average molecular weight is 509 g/mol. The molecule has 2 saturated heterocycles. The molecule has 0 amide bonds. The first kappa shape index (κ1) is 24.1. The van der Waals surface area contributed by atoms with E-state index in [9.17, 15) is 0 Å². The maximum atomic E-state index is 6.23. The Labute approximate surface area is 218 Å². The van der Waals surface area contributed by atoms with Gasteiger partial charge in [-0.2, -0.15) is 0 Å². The molecule has 2 aliphatic heterocycles. The number of aryl methyl sites for hydroxylation is 2. The van der Waals surface area contributed by atoms with E-state index < -0.39 is 0 Å². The summed E-state index contributed by atoms with van der Waals surface area (Å²) >= 11 is 12.0. The smallest absolute Gasteiger partial charge is 0.173 e. The number of likely N-dealkylation sites (N-methyl/N-ethyl adjacent to an activating group) is 1. The Hall–Kier alpha value is -2.61. The largest absolute Gasteiger partial charge is 0.368 e. The Kier molecular flexibility index (Phi) is 7.00. The number of thiocarbonyl (C=S) groups is 1. The second kappa shape index (κ2) is 10.2. The number of rotatable bonds is 3. The van der Waals surface area contributed by atoms with Crippen molar-refractivity contribution in [2.45, 2.75) is 13.8 Å². The fourth-order valence-electron chi connectivity index (χ4n) is 4.93. The van der Waals surface area contributed by atoms with E-state index in [0.717, 1.165) is 84.9 Å². The van der Waals surface area contributed by atoms with Crippen LogP contribution in [0.25, 0.3) is 10.9 Å². The molecule has 1 aromatic heterocycles. The zero-order chi connectivity index (χ0) is 24.5. The molecular weight excluding hydrogens is 476 g/mol. The van der Waals surface area contributed by atoms with Crippen molar-refractivity contribution < 1.29 is 0 Å². The van der Waals surface area contributed by atoms with Gasteiger partial charge in [-0.05, 0) is 80.6 Å². The van der Waals surface area contributed by atoms with Crippen molar-refractivity contribution in [2.75, 3.05) is 74.5 Å². The summed E-state index contributed by atoms with van der Waals surface area (Å²) in [4.78, 5) is 14.4. The highest BCUT2D eigenvalue weighted by Gasteiger charge is 2.21. The molecular formula is C27H33ClN6S. The number of anilines is 3. The van der Waals surface area contributed by atoms with Crippen LogP contribution in [0.2, 0.25) is 5.02 Å². The Bertz CT molecular complexity index is 1230. The monoisotopic (exact) mass is 508 g/mol. The number of benzene rings is 2. The number of hydrogen-bond donors (Lipinski definition) is 1. The predicted octanol–water partition coefficient (Wildman–Crippen LogP) is 4.78. The highest BCUT2D eigenvalue weighted by molar-refractivity contribution is 7.80. The number of aromatic nitrogens is 1. The van der Waals surface area contributed by atoms with Crippen molar-refractivity contribution >= 4 is 57.0 Å². The van der Waals surface area contributed by atoms with Gasteiger partial charge in [-0.25, -0.2) is 4.98 Å². The van der Waals surface area contributed by atoms with Gasteiger partial charge in [0.25, 0.3) is 0 Å². The lowest BCUT2D eigenvalue weighted by atomic mass is 10.1. The van der Waals surface area contributed by atoms with E-state index in [1.54, 1.807) is 0 Å². The highest BCUT2D eigenvalue weighted by Crippen LogP contribution is 2.27. The van der Waals surface area contributed by atoms with Crippen LogP contribution in [0.4, 0.5) is 17.2 Å². The third-order valence-corrected chi connectivity index (χ3v) is 7.75. The summed E-state index contributed by atoms with van der Waals surface area (Å²) in [6.07, 6.45) is 0. The first-order valence-corrected chi connectivity index (χ1v) is 13.1. The first-order valence-electron chi connectivity index (χ1n) is 12.3. The van der Waals surface area contributed by atoms with Crippen LogP contribution in [-0.4, -0.2) is 79.3 Å². The number of nitrogens with zero attached hydrogens (tertiary/aromatic N) is 5. The average Bonchev–Trinajstić information content (AvgIpc) is 2.86. The maximum Gasteiger partial charge on any atom is 0.173 e. The van der Waals surface area contributed by atoms with Gasteiger partial charge in [0.2, 0.25) is 0 Å². The summed E-state index contributed by atoms with van der Waals surface area (Å²) in [6, 6.07) is 14.7. The van der Waals surface area contributed by atoms with Crippen LogP contribution >= 0.6 is 23.8 Å². The van der Waals surface area contributed by atoms with Gasteiger partial charge in [-0.1, -0.05) is 17.7 Å². The Morgan fingerprint density at radius 3 is 2.31 bits per heavy atom. The lowest BCUT2D eigenvalue weighted by Gasteiger charge is -2.38. The van der Waals surface area contributed by atoms with Crippen LogP contribution in [0.3, 0.4) is 0 Å². The van der Waals surface area contributed by atoms with Crippen molar-refractivity contribution in [1.82, 2.24) is 14.8 Å². The van der Waals surface area contributed by atoms with E-state index in [0.29, 0.717) is 0 Å². The van der Waals surface area contributed by atoms with E-state index in [1.165, 1.54) is 16.8 Å². The minimum atomic E-state index is 0.770.